The number of nitrogens with zero attached hydrogens (tertiary/aromatic N) is 3. The number of aromatic nitrogens is 2. The molecule has 1 aliphatic heterocycles. The van der Waals surface area contributed by atoms with Crippen LogP contribution >= 0.6 is 0 Å². The SMILES string of the molecule is COCO[C@@H](C)C(=O)[C@@H]1CNc2nc(N(C(=O)OC(C)(C)C)C(=O)OC(C)(C)C)nc(OC3CCCCC3)c2C1. The average molecular weight is 565 g/mol. The highest BCUT2D eigenvalue weighted by Gasteiger charge is 2.38. The Balaban J connectivity index is 2.02. The van der Waals surface area contributed by atoms with Crippen molar-refractivity contribution in [3.8, 4) is 5.88 Å². The van der Waals surface area contributed by atoms with E-state index in [1.165, 1.54) is 7.11 Å². The summed E-state index contributed by atoms with van der Waals surface area (Å²) in [6, 6.07) is 0. The summed E-state index contributed by atoms with van der Waals surface area (Å²) in [5.41, 5.74) is -1.17. The van der Waals surface area contributed by atoms with Crippen LogP contribution in [0.15, 0.2) is 0 Å². The minimum Gasteiger partial charge on any atom is -0.474 e. The van der Waals surface area contributed by atoms with E-state index in [-0.39, 0.29) is 37.1 Å². The van der Waals surface area contributed by atoms with E-state index in [1.54, 1.807) is 48.5 Å². The molecule has 1 aromatic heterocycles. The third-order valence-corrected chi connectivity index (χ3v) is 6.35. The van der Waals surface area contributed by atoms with Gasteiger partial charge in [0.2, 0.25) is 11.8 Å². The Morgan fingerprint density at radius 2 is 1.57 bits per heavy atom. The Morgan fingerprint density at radius 1 is 0.975 bits per heavy atom. The summed E-state index contributed by atoms with van der Waals surface area (Å²) in [7, 11) is 1.50. The second-order valence-corrected chi connectivity index (χ2v) is 12.2. The molecule has 0 bridgehead atoms. The first-order valence-corrected chi connectivity index (χ1v) is 13.9. The van der Waals surface area contributed by atoms with Gasteiger partial charge in [0.1, 0.15) is 36.0 Å². The number of Topliss-reactive ketones (excluding diaryl/α,β-unsaturated/α-hetero) is 1. The fraction of sp³-hybridized carbons (Fsp3) is 0.750. The number of methoxy groups -OCH3 is 1. The predicted octanol–water partition coefficient (Wildman–Crippen LogP) is 5.03. The van der Waals surface area contributed by atoms with Crippen LogP contribution in [0.3, 0.4) is 0 Å². The monoisotopic (exact) mass is 564 g/mol. The highest BCUT2D eigenvalue weighted by atomic mass is 16.7. The van der Waals surface area contributed by atoms with E-state index in [2.05, 4.69) is 15.3 Å². The third-order valence-electron chi connectivity index (χ3n) is 6.35. The largest absolute Gasteiger partial charge is 0.474 e. The first kappa shape index (κ1) is 31.5. The van der Waals surface area contributed by atoms with Crippen LogP contribution in [-0.2, 0) is 30.2 Å². The molecule has 3 rings (SSSR count). The summed E-state index contributed by atoms with van der Waals surface area (Å²) in [5.74, 6) is -0.147. The summed E-state index contributed by atoms with van der Waals surface area (Å²) < 4.78 is 27.8. The number of hydrogen-bond acceptors (Lipinski definition) is 11. The van der Waals surface area contributed by atoms with Gasteiger partial charge < -0.3 is 29.0 Å². The van der Waals surface area contributed by atoms with Gasteiger partial charge in [-0.3, -0.25) is 4.79 Å². The lowest BCUT2D eigenvalue weighted by atomic mass is 9.90. The predicted molar refractivity (Wildman–Crippen MR) is 148 cm³/mol. The van der Waals surface area contributed by atoms with Gasteiger partial charge in [0.15, 0.2) is 5.78 Å². The van der Waals surface area contributed by atoms with Crippen LogP contribution in [-0.4, -0.2) is 71.8 Å². The van der Waals surface area contributed by atoms with E-state index in [0.29, 0.717) is 22.7 Å². The van der Waals surface area contributed by atoms with Gasteiger partial charge in [0.25, 0.3) is 0 Å². The number of amides is 2. The molecule has 40 heavy (non-hydrogen) atoms. The summed E-state index contributed by atoms with van der Waals surface area (Å²) in [4.78, 5) is 49.4. The minimum atomic E-state index is -0.974. The lowest BCUT2D eigenvalue weighted by Gasteiger charge is -2.31. The molecule has 2 amide bonds. The molecule has 12 nitrogen and oxygen atoms in total. The molecule has 12 heteroatoms. The van der Waals surface area contributed by atoms with Crippen molar-refractivity contribution in [2.45, 2.75) is 110 Å². The zero-order chi connectivity index (χ0) is 29.7. The highest BCUT2D eigenvalue weighted by molar-refractivity contribution is 6.08. The van der Waals surface area contributed by atoms with Crippen molar-refractivity contribution in [1.29, 1.82) is 0 Å². The molecular formula is C28H44N4O8. The van der Waals surface area contributed by atoms with Crippen molar-refractivity contribution in [2.24, 2.45) is 5.92 Å². The fourth-order valence-corrected chi connectivity index (χ4v) is 4.50. The molecule has 1 saturated carbocycles. The Hall–Kier alpha value is -2.99. The van der Waals surface area contributed by atoms with Gasteiger partial charge in [0, 0.05) is 19.6 Å². The van der Waals surface area contributed by atoms with Crippen LogP contribution < -0.4 is 15.0 Å². The minimum absolute atomic E-state index is 0.0112. The Labute approximate surface area is 236 Å². The molecule has 1 fully saturated rings. The van der Waals surface area contributed by atoms with E-state index in [0.717, 1.165) is 32.1 Å². The first-order valence-electron chi connectivity index (χ1n) is 13.9. The molecule has 2 heterocycles. The summed E-state index contributed by atoms with van der Waals surface area (Å²) in [5, 5.41) is 3.18. The molecule has 2 atom stereocenters. The van der Waals surface area contributed by atoms with Gasteiger partial charge in [0.05, 0.1) is 5.56 Å². The molecule has 0 saturated heterocycles. The number of ketones is 1. The van der Waals surface area contributed by atoms with Gasteiger partial charge in [-0.15, -0.1) is 4.90 Å². The number of hydrogen-bond donors (Lipinski definition) is 1. The topological polar surface area (TPSA) is 138 Å². The zero-order valence-corrected chi connectivity index (χ0v) is 25.0. The Bertz CT molecular complexity index is 1030. The van der Waals surface area contributed by atoms with Crippen molar-refractivity contribution < 1.29 is 38.1 Å². The van der Waals surface area contributed by atoms with Crippen LogP contribution in [0.1, 0.15) is 86.1 Å². The smallest absolute Gasteiger partial charge is 0.427 e. The number of anilines is 2. The van der Waals surface area contributed by atoms with Crippen LogP contribution in [0.2, 0.25) is 0 Å². The summed E-state index contributed by atoms with van der Waals surface area (Å²) in [6.45, 7) is 12.1. The lowest BCUT2D eigenvalue weighted by molar-refractivity contribution is -0.141. The van der Waals surface area contributed by atoms with Crippen molar-refractivity contribution in [3.05, 3.63) is 5.56 Å². The van der Waals surface area contributed by atoms with Gasteiger partial charge >= 0.3 is 12.2 Å². The number of imide groups is 1. The molecular weight excluding hydrogens is 520 g/mol. The molecule has 1 N–H and O–H groups in total. The number of carbonyl (C=O) groups is 3. The lowest BCUT2D eigenvalue weighted by Crippen LogP contribution is -2.45. The maximum absolute atomic E-state index is 13.3. The van der Waals surface area contributed by atoms with E-state index < -0.39 is 35.4 Å². The van der Waals surface area contributed by atoms with Crippen LogP contribution in [0.25, 0.3) is 0 Å². The van der Waals surface area contributed by atoms with E-state index >= 15 is 0 Å². The molecule has 2 aliphatic rings. The normalized spacial score (nSPS) is 18.6. The van der Waals surface area contributed by atoms with Crippen LogP contribution in [0, 0.1) is 5.92 Å². The molecule has 1 aromatic rings. The van der Waals surface area contributed by atoms with Crippen LogP contribution in [0.5, 0.6) is 5.88 Å². The van der Waals surface area contributed by atoms with Crippen molar-refractivity contribution in [3.63, 3.8) is 0 Å². The maximum atomic E-state index is 13.3. The maximum Gasteiger partial charge on any atom is 0.427 e. The standard InChI is InChI=1S/C28H44N4O8/c1-17(37-16-36-8)21(33)18-14-20-22(29-15-18)30-24(31-23(20)38-19-12-10-9-11-13-19)32(25(34)39-27(2,3)4)26(35)40-28(5,6)7/h17-19H,9-16H2,1-8H3,(H,29,30,31)/t17-,18-/m0/s1. The van der Waals surface area contributed by atoms with Gasteiger partial charge in [-0.05, 0) is 80.6 Å². The third kappa shape index (κ3) is 8.76. The zero-order valence-electron chi connectivity index (χ0n) is 25.0. The van der Waals surface area contributed by atoms with Gasteiger partial charge in [-0.2, -0.15) is 9.97 Å². The highest BCUT2D eigenvalue weighted by Crippen LogP contribution is 2.35. The Kier molecular flexibility index (Phi) is 10.3. The van der Waals surface area contributed by atoms with Crippen molar-refractivity contribution in [1.82, 2.24) is 9.97 Å². The number of fused-ring (bicyclic) bond motifs is 1. The number of ether oxygens (including phenoxy) is 5. The molecule has 0 aromatic carbocycles. The fourth-order valence-electron chi connectivity index (χ4n) is 4.50. The van der Waals surface area contributed by atoms with E-state index in [4.69, 9.17) is 23.7 Å². The summed E-state index contributed by atoms with van der Waals surface area (Å²) >= 11 is 0. The van der Waals surface area contributed by atoms with Crippen molar-refractivity contribution >= 4 is 29.7 Å². The quantitative estimate of drug-likeness (QED) is 0.426. The molecule has 0 unspecified atom stereocenters. The van der Waals surface area contributed by atoms with Gasteiger partial charge in [-0.1, -0.05) is 6.42 Å². The molecule has 0 radical (unpaired) electrons. The first-order chi connectivity index (χ1) is 18.7. The second-order valence-electron chi connectivity index (χ2n) is 12.2. The van der Waals surface area contributed by atoms with E-state index in [1.807, 2.05) is 0 Å². The number of nitrogens with one attached hydrogen (secondary N) is 1. The van der Waals surface area contributed by atoms with Crippen LogP contribution in [0.4, 0.5) is 21.4 Å². The van der Waals surface area contributed by atoms with Crippen molar-refractivity contribution in [2.75, 3.05) is 30.7 Å². The molecule has 0 spiro atoms. The molecule has 1 aliphatic carbocycles. The number of carbonyl (C=O) groups excluding carboxylic acids is 3. The summed E-state index contributed by atoms with van der Waals surface area (Å²) in [6.07, 6.45) is 2.51. The second kappa shape index (κ2) is 13.1. The van der Waals surface area contributed by atoms with Gasteiger partial charge in [-0.25, -0.2) is 9.59 Å². The number of rotatable bonds is 8. The molecule has 224 valence electrons. The average Bonchev–Trinajstić information content (AvgIpc) is 2.85. The van der Waals surface area contributed by atoms with E-state index in [9.17, 15) is 14.4 Å². The Morgan fingerprint density at radius 3 is 2.12 bits per heavy atom.